The maximum atomic E-state index is 11.6. The normalized spacial score (nSPS) is 10.1. The lowest BCUT2D eigenvalue weighted by atomic mass is 10.3. The number of nitrogens with zero attached hydrogens (tertiary/aromatic N) is 1. The third kappa shape index (κ3) is 6.35. The highest BCUT2D eigenvalue weighted by Gasteiger charge is 2.05. The van der Waals surface area contributed by atoms with Crippen molar-refractivity contribution < 1.29 is 9.59 Å². The Bertz CT molecular complexity index is 432. The molecule has 1 rings (SSSR count). The third-order valence-corrected chi connectivity index (χ3v) is 2.96. The van der Waals surface area contributed by atoms with Crippen LogP contribution in [0.15, 0.2) is 28.7 Å². The monoisotopic (exact) mass is 327 g/mol. The first-order valence-corrected chi connectivity index (χ1v) is 6.74. The summed E-state index contributed by atoms with van der Waals surface area (Å²) in [5.41, 5.74) is 0.749. The molecular weight excluding hydrogens is 310 g/mol. The molecule has 0 aliphatic carbocycles. The number of carbonyl (C=O) groups is 2. The number of benzene rings is 1. The van der Waals surface area contributed by atoms with E-state index in [1.807, 2.05) is 24.3 Å². The average Bonchev–Trinajstić information content (AvgIpc) is 2.37. The fourth-order valence-electron chi connectivity index (χ4n) is 1.36. The Kier molecular flexibility index (Phi) is 6.52. The predicted molar refractivity (Wildman–Crippen MR) is 79.0 cm³/mol. The van der Waals surface area contributed by atoms with Gasteiger partial charge < -0.3 is 15.5 Å². The van der Waals surface area contributed by atoms with E-state index in [1.165, 1.54) is 4.90 Å². The molecule has 0 aromatic heterocycles. The summed E-state index contributed by atoms with van der Waals surface area (Å²) >= 11 is 3.33. The van der Waals surface area contributed by atoms with Gasteiger partial charge in [0, 0.05) is 37.2 Å². The molecule has 0 atom stereocenters. The van der Waals surface area contributed by atoms with Crippen molar-refractivity contribution in [2.45, 2.75) is 6.42 Å². The Morgan fingerprint density at radius 3 is 2.42 bits per heavy atom. The Morgan fingerprint density at radius 2 is 1.84 bits per heavy atom. The molecule has 0 heterocycles. The van der Waals surface area contributed by atoms with Crippen LogP contribution in [0.25, 0.3) is 0 Å². The summed E-state index contributed by atoms with van der Waals surface area (Å²) in [6, 6.07) is 7.35. The highest BCUT2D eigenvalue weighted by molar-refractivity contribution is 9.10. The van der Waals surface area contributed by atoms with Crippen molar-refractivity contribution in [2.75, 3.05) is 32.5 Å². The molecule has 0 radical (unpaired) electrons. The van der Waals surface area contributed by atoms with E-state index < -0.39 is 0 Å². The molecule has 1 aromatic carbocycles. The van der Waals surface area contributed by atoms with E-state index in [4.69, 9.17) is 0 Å². The predicted octanol–water partition coefficient (Wildman–Crippen LogP) is 1.46. The molecule has 0 saturated carbocycles. The van der Waals surface area contributed by atoms with Crippen LogP contribution < -0.4 is 10.6 Å². The van der Waals surface area contributed by atoms with E-state index in [1.54, 1.807) is 14.1 Å². The Hall–Kier alpha value is -1.40. The van der Waals surface area contributed by atoms with Gasteiger partial charge in [-0.15, -0.1) is 0 Å². The Labute approximate surface area is 121 Å². The van der Waals surface area contributed by atoms with Crippen LogP contribution in [0.5, 0.6) is 0 Å². The highest BCUT2D eigenvalue weighted by Crippen LogP contribution is 2.13. The minimum Gasteiger partial charge on any atom is -0.349 e. The first kappa shape index (κ1) is 15.7. The SMILES string of the molecule is CN(C)C(=O)CCNCC(=O)Nc1ccc(Br)cc1. The lowest BCUT2D eigenvalue weighted by molar-refractivity contribution is -0.128. The van der Waals surface area contributed by atoms with Gasteiger partial charge in [-0.05, 0) is 24.3 Å². The number of hydrogen-bond donors (Lipinski definition) is 2. The molecule has 0 fully saturated rings. The third-order valence-electron chi connectivity index (χ3n) is 2.43. The van der Waals surface area contributed by atoms with Crippen molar-refractivity contribution in [3.8, 4) is 0 Å². The van der Waals surface area contributed by atoms with Gasteiger partial charge >= 0.3 is 0 Å². The van der Waals surface area contributed by atoms with Crippen LogP contribution in [0.1, 0.15) is 6.42 Å². The summed E-state index contributed by atoms with van der Waals surface area (Å²) in [5.74, 6) is -0.0829. The van der Waals surface area contributed by atoms with Crippen LogP contribution >= 0.6 is 15.9 Å². The second-order valence-electron chi connectivity index (χ2n) is 4.27. The minimum atomic E-state index is -0.125. The van der Waals surface area contributed by atoms with E-state index >= 15 is 0 Å². The zero-order chi connectivity index (χ0) is 14.3. The van der Waals surface area contributed by atoms with E-state index in [0.717, 1.165) is 10.2 Å². The standard InChI is InChI=1S/C13H18BrN3O2/c1-17(2)13(19)7-8-15-9-12(18)16-11-5-3-10(14)4-6-11/h3-6,15H,7-9H2,1-2H3,(H,16,18). The minimum absolute atomic E-state index is 0.0424. The molecule has 2 amide bonds. The van der Waals surface area contributed by atoms with Crippen LogP contribution in [-0.2, 0) is 9.59 Å². The number of anilines is 1. The largest absolute Gasteiger partial charge is 0.349 e. The van der Waals surface area contributed by atoms with Crippen molar-refractivity contribution in [1.29, 1.82) is 0 Å². The summed E-state index contributed by atoms with van der Waals surface area (Å²) in [4.78, 5) is 24.4. The lowest BCUT2D eigenvalue weighted by Crippen LogP contribution is -2.31. The first-order valence-electron chi connectivity index (χ1n) is 5.95. The fourth-order valence-corrected chi connectivity index (χ4v) is 1.62. The molecule has 0 spiro atoms. The molecule has 5 nitrogen and oxygen atoms in total. The van der Waals surface area contributed by atoms with Crippen LogP contribution in [-0.4, -0.2) is 43.9 Å². The van der Waals surface area contributed by atoms with E-state index in [-0.39, 0.29) is 18.4 Å². The van der Waals surface area contributed by atoms with Gasteiger partial charge in [-0.1, -0.05) is 15.9 Å². The number of amides is 2. The van der Waals surface area contributed by atoms with Crippen molar-refractivity contribution in [1.82, 2.24) is 10.2 Å². The zero-order valence-electron chi connectivity index (χ0n) is 11.1. The van der Waals surface area contributed by atoms with E-state index in [0.29, 0.717) is 13.0 Å². The molecule has 0 aliphatic heterocycles. The summed E-state index contributed by atoms with van der Waals surface area (Å²) in [6.07, 6.45) is 0.387. The summed E-state index contributed by atoms with van der Waals surface area (Å²) in [7, 11) is 3.42. The number of halogens is 1. The smallest absolute Gasteiger partial charge is 0.238 e. The summed E-state index contributed by atoms with van der Waals surface area (Å²) in [6.45, 7) is 0.682. The van der Waals surface area contributed by atoms with E-state index in [9.17, 15) is 9.59 Å². The van der Waals surface area contributed by atoms with Crippen LogP contribution in [0.4, 0.5) is 5.69 Å². The number of nitrogens with one attached hydrogen (secondary N) is 2. The van der Waals surface area contributed by atoms with Gasteiger partial charge in [-0.25, -0.2) is 0 Å². The molecule has 2 N–H and O–H groups in total. The van der Waals surface area contributed by atoms with Gasteiger partial charge in [-0.2, -0.15) is 0 Å². The van der Waals surface area contributed by atoms with Gasteiger partial charge in [0.1, 0.15) is 0 Å². The van der Waals surface area contributed by atoms with Gasteiger partial charge in [0.25, 0.3) is 0 Å². The molecular formula is C13H18BrN3O2. The fraction of sp³-hybridized carbons (Fsp3) is 0.385. The average molecular weight is 328 g/mol. The maximum Gasteiger partial charge on any atom is 0.238 e. The highest BCUT2D eigenvalue weighted by atomic mass is 79.9. The molecule has 104 valence electrons. The van der Waals surface area contributed by atoms with Crippen LogP contribution in [0.3, 0.4) is 0 Å². The molecule has 19 heavy (non-hydrogen) atoms. The second-order valence-corrected chi connectivity index (χ2v) is 5.19. The van der Waals surface area contributed by atoms with Crippen LogP contribution in [0.2, 0.25) is 0 Å². The number of rotatable bonds is 6. The topological polar surface area (TPSA) is 61.4 Å². The summed E-state index contributed by atoms with van der Waals surface area (Å²) in [5, 5.41) is 5.70. The molecule has 6 heteroatoms. The van der Waals surface area contributed by atoms with Crippen molar-refractivity contribution in [2.24, 2.45) is 0 Å². The summed E-state index contributed by atoms with van der Waals surface area (Å²) < 4.78 is 0.964. The lowest BCUT2D eigenvalue weighted by Gasteiger charge is -2.10. The quantitative estimate of drug-likeness (QED) is 0.777. The van der Waals surface area contributed by atoms with Crippen molar-refractivity contribution >= 4 is 33.4 Å². The first-order chi connectivity index (χ1) is 8.99. The maximum absolute atomic E-state index is 11.6. The number of carbonyl (C=O) groups excluding carboxylic acids is 2. The van der Waals surface area contributed by atoms with Gasteiger partial charge in [-0.3, -0.25) is 9.59 Å². The molecule has 1 aromatic rings. The molecule has 0 aliphatic rings. The van der Waals surface area contributed by atoms with Gasteiger partial charge in [0.15, 0.2) is 0 Å². The zero-order valence-corrected chi connectivity index (χ0v) is 12.7. The van der Waals surface area contributed by atoms with E-state index in [2.05, 4.69) is 26.6 Å². The van der Waals surface area contributed by atoms with Gasteiger partial charge in [0.05, 0.1) is 6.54 Å². The van der Waals surface area contributed by atoms with Gasteiger partial charge in [0.2, 0.25) is 11.8 Å². The molecule has 0 saturated heterocycles. The second kappa shape index (κ2) is 7.91. The van der Waals surface area contributed by atoms with Crippen LogP contribution in [0, 0.1) is 0 Å². The Balaban J connectivity index is 2.21. The number of hydrogen-bond acceptors (Lipinski definition) is 3. The van der Waals surface area contributed by atoms with Crippen molar-refractivity contribution in [3.63, 3.8) is 0 Å². The molecule has 0 bridgehead atoms. The molecule has 0 unspecified atom stereocenters. The Morgan fingerprint density at radius 1 is 1.21 bits per heavy atom. The van der Waals surface area contributed by atoms with Crippen molar-refractivity contribution in [3.05, 3.63) is 28.7 Å².